The Hall–Kier alpha value is -2.04. The number of carbonyl (C=O) groups is 1. The molecule has 0 aliphatic carbocycles. The van der Waals surface area contributed by atoms with E-state index < -0.39 is 0 Å². The summed E-state index contributed by atoms with van der Waals surface area (Å²) in [4.78, 5) is 18.0. The molecule has 0 aromatic heterocycles. The van der Waals surface area contributed by atoms with Crippen molar-refractivity contribution in [3.8, 4) is 0 Å². The second kappa shape index (κ2) is 9.00. The number of rotatable bonds is 7. The van der Waals surface area contributed by atoms with Crippen LogP contribution in [-0.4, -0.2) is 29.9 Å². The topological polar surface area (TPSA) is 70.7 Å². The lowest BCUT2D eigenvalue weighted by Gasteiger charge is -2.19. The van der Waals surface area contributed by atoms with E-state index in [0.717, 1.165) is 30.8 Å². The number of aliphatic imine (C=N–C) groups is 1. The number of nitrogens with one attached hydrogen (secondary N) is 1. The van der Waals surface area contributed by atoms with Crippen LogP contribution < -0.4 is 11.1 Å². The molecule has 0 heterocycles. The molecule has 1 aromatic rings. The zero-order valence-corrected chi connectivity index (χ0v) is 13.2. The summed E-state index contributed by atoms with van der Waals surface area (Å²) in [6.45, 7) is 8.30. The van der Waals surface area contributed by atoms with Crippen LogP contribution in [0.5, 0.6) is 0 Å². The average Bonchev–Trinajstić information content (AvgIpc) is 2.47. The molecule has 0 radical (unpaired) electrons. The maximum Gasteiger partial charge on any atom is 0.224 e. The van der Waals surface area contributed by atoms with Gasteiger partial charge in [0.15, 0.2) is 5.96 Å². The van der Waals surface area contributed by atoms with Crippen molar-refractivity contribution in [1.82, 2.24) is 4.90 Å². The van der Waals surface area contributed by atoms with Crippen LogP contribution in [-0.2, 0) is 11.3 Å². The Morgan fingerprint density at radius 1 is 1.29 bits per heavy atom. The fourth-order valence-electron chi connectivity index (χ4n) is 2.02. The van der Waals surface area contributed by atoms with E-state index in [1.165, 1.54) is 0 Å². The Bertz CT molecular complexity index is 481. The predicted molar refractivity (Wildman–Crippen MR) is 88.2 cm³/mol. The highest BCUT2D eigenvalue weighted by molar-refractivity contribution is 5.90. The Kier molecular flexibility index (Phi) is 7.29. The van der Waals surface area contributed by atoms with E-state index in [9.17, 15) is 4.79 Å². The summed E-state index contributed by atoms with van der Waals surface area (Å²) in [5.41, 5.74) is 7.79. The quantitative estimate of drug-likeness (QED) is 0.599. The lowest BCUT2D eigenvalue weighted by atomic mass is 10.2. The first-order valence-electron chi connectivity index (χ1n) is 7.54. The van der Waals surface area contributed by atoms with Gasteiger partial charge in [-0.05, 0) is 38.0 Å². The van der Waals surface area contributed by atoms with E-state index in [0.29, 0.717) is 18.9 Å². The number of guanidine groups is 1. The minimum atomic E-state index is 0.0424. The summed E-state index contributed by atoms with van der Waals surface area (Å²) >= 11 is 0. The number of hydrogen-bond acceptors (Lipinski definition) is 2. The smallest absolute Gasteiger partial charge is 0.224 e. The van der Waals surface area contributed by atoms with Crippen molar-refractivity contribution < 1.29 is 4.79 Å². The normalized spacial score (nSPS) is 11.3. The summed E-state index contributed by atoms with van der Waals surface area (Å²) in [7, 11) is 0. The van der Waals surface area contributed by atoms with Crippen molar-refractivity contribution in [2.45, 2.75) is 40.2 Å². The van der Waals surface area contributed by atoms with Gasteiger partial charge in [-0.1, -0.05) is 19.1 Å². The van der Waals surface area contributed by atoms with Crippen molar-refractivity contribution in [2.75, 3.05) is 18.4 Å². The Balaban J connectivity index is 2.68. The van der Waals surface area contributed by atoms with Gasteiger partial charge in [0.2, 0.25) is 5.91 Å². The number of amides is 1. The third kappa shape index (κ3) is 5.85. The van der Waals surface area contributed by atoms with E-state index in [1.807, 2.05) is 36.1 Å². The first-order chi connectivity index (χ1) is 10.1. The molecular formula is C16H26N4O. The van der Waals surface area contributed by atoms with Crippen molar-refractivity contribution >= 4 is 17.6 Å². The van der Waals surface area contributed by atoms with Crippen LogP contribution >= 0.6 is 0 Å². The van der Waals surface area contributed by atoms with Crippen LogP contribution in [0, 0.1) is 0 Å². The third-order valence-corrected chi connectivity index (χ3v) is 3.20. The van der Waals surface area contributed by atoms with Gasteiger partial charge < -0.3 is 16.0 Å². The molecule has 5 heteroatoms. The molecule has 1 rings (SSSR count). The van der Waals surface area contributed by atoms with E-state index in [4.69, 9.17) is 5.73 Å². The first-order valence-corrected chi connectivity index (χ1v) is 7.54. The zero-order chi connectivity index (χ0) is 15.7. The Morgan fingerprint density at radius 2 is 2.00 bits per heavy atom. The number of nitrogens with two attached hydrogens (primary N) is 1. The second-order valence-corrected chi connectivity index (χ2v) is 4.85. The fourth-order valence-corrected chi connectivity index (χ4v) is 2.02. The van der Waals surface area contributed by atoms with Crippen LogP contribution in [0.2, 0.25) is 0 Å². The third-order valence-electron chi connectivity index (χ3n) is 3.20. The van der Waals surface area contributed by atoms with Gasteiger partial charge in [-0.3, -0.25) is 4.79 Å². The van der Waals surface area contributed by atoms with Gasteiger partial charge in [0.05, 0.1) is 6.54 Å². The van der Waals surface area contributed by atoms with E-state index >= 15 is 0 Å². The lowest BCUT2D eigenvalue weighted by molar-refractivity contribution is -0.116. The fraction of sp³-hybridized carbons (Fsp3) is 0.500. The monoisotopic (exact) mass is 290 g/mol. The van der Waals surface area contributed by atoms with Crippen LogP contribution in [0.15, 0.2) is 29.3 Å². The Labute approximate surface area is 127 Å². The molecule has 0 aliphatic heterocycles. The number of carbonyl (C=O) groups excluding carboxylic acids is 1. The molecule has 21 heavy (non-hydrogen) atoms. The van der Waals surface area contributed by atoms with Crippen molar-refractivity contribution in [2.24, 2.45) is 10.7 Å². The summed E-state index contributed by atoms with van der Waals surface area (Å²) in [5, 5.41) is 2.89. The van der Waals surface area contributed by atoms with Gasteiger partial charge in [-0.15, -0.1) is 0 Å². The molecule has 0 unspecified atom stereocenters. The standard InChI is InChI=1S/C16H26N4O/c1-4-8-15(21)19-14-10-7-9-13(11-14)12-18-16(17)20(5-2)6-3/h7,9-11H,4-6,8,12H2,1-3H3,(H2,17,18)(H,19,21). The average molecular weight is 290 g/mol. The summed E-state index contributed by atoms with van der Waals surface area (Å²) in [6.07, 6.45) is 1.38. The molecule has 1 aromatic carbocycles. The number of benzene rings is 1. The molecule has 0 atom stereocenters. The molecule has 5 nitrogen and oxygen atoms in total. The minimum Gasteiger partial charge on any atom is -0.370 e. The largest absolute Gasteiger partial charge is 0.370 e. The SMILES string of the molecule is CCCC(=O)Nc1cccc(CN=C(N)N(CC)CC)c1. The molecule has 0 bridgehead atoms. The molecular weight excluding hydrogens is 264 g/mol. The highest BCUT2D eigenvalue weighted by atomic mass is 16.1. The highest BCUT2D eigenvalue weighted by Crippen LogP contribution is 2.12. The van der Waals surface area contributed by atoms with Crippen LogP contribution in [0.4, 0.5) is 5.69 Å². The van der Waals surface area contributed by atoms with E-state index in [1.54, 1.807) is 0 Å². The number of nitrogens with zero attached hydrogens (tertiary/aromatic N) is 2. The molecule has 0 spiro atoms. The second-order valence-electron chi connectivity index (χ2n) is 4.85. The van der Waals surface area contributed by atoms with Gasteiger partial charge in [-0.2, -0.15) is 0 Å². The maximum absolute atomic E-state index is 11.6. The molecule has 116 valence electrons. The molecule has 1 amide bonds. The molecule has 0 aliphatic rings. The van der Waals surface area contributed by atoms with Gasteiger partial charge >= 0.3 is 0 Å². The maximum atomic E-state index is 11.6. The minimum absolute atomic E-state index is 0.0424. The van der Waals surface area contributed by atoms with Gasteiger partial charge in [0, 0.05) is 25.2 Å². The molecule has 3 N–H and O–H groups in total. The van der Waals surface area contributed by atoms with Gasteiger partial charge in [0.25, 0.3) is 0 Å². The summed E-state index contributed by atoms with van der Waals surface area (Å²) in [6, 6.07) is 7.72. The van der Waals surface area contributed by atoms with Gasteiger partial charge in [0.1, 0.15) is 0 Å². The predicted octanol–water partition coefficient (Wildman–Crippen LogP) is 2.58. The summed E-state index contributed by atoms with van der Waals surface area (Å²) < 4.78 is 0. The van der Waals surface area contributed by atoms with Crippen molar-refractivity contribution in [3.05, 3.63) is 29.8 Å². The molecule has 0 saturated heterocycles. The van der Waals surface area contributed by atoms with Crippen LogP contribution in [0.3, 0.4) is 0 Å². The van der Waals surface area contributed by atoms with Crippen molar-refractivity contribution in [3.63, 3.8) is 0 Å². The first kappa shape index (κ1) is 17.0. The number of hydrogen-bond donors (Lipinski definition) is 2. The van der Waals surface area contributed by atoms with Gasteiger partial charge in [-0.25, -0.2) is 4.99 Å². The highest BCUT2D eigenvalue weighted by Gasteiger charge is 2.03. The molecule has 0 saturated carbocycles. The van der Waals surface area contributed by atoms with Crippen molar-refractivity contribution in [1.29, 1.82) is 0 Å². The van der Waals surface area contributed by atoms with Crippen LogP contribution in [0.1, 0.15) is 39.2 Å². The number of anilines is 1. The van der Waals surface area contributed by atoms with E-state index in [2.05, 4.69) is 24.2 Å². The zero-order valence-electron chi connectivity index (χ0n) is 13.2. The Morgan fingerprint density at radius 3 is 2.62 bits per heavy atom. The van der Waals surface area contributed by atoms with E-state index in [-0.39, 0.29) is 5.91 Å². The summed E-state index contributed by atoms with van der Waals surface area (Å²) in [5.74, 6) is 0.598. The lowest BCUT2D eigenvalue weighted by Crippen LogP contribution is -2.37. The molecule has 0 fully saturated rings. The van der Waals surface area contributed by atoms with Crippen LogP contribution in [0.25, 0.3) is 0 Å².